The summed E-state index contributed by atoms with van der Waals surface area (Å²) in [4.78, 5) is 0. The van der Waals surface area contributed by atoms with Gasteiger partial charge in [0, 0.05) is 0 Å². The van der Waals surface area contributed by atoms with Crippen molar-refractivity contribution in [2.24, 2.45) is 0 Å². The average molecular weight is 291 g/mol. The van der Waals surface area contributed by atoms with Gasteiger partial charge in [-0.1, -0.05) is 6.58 Å². The maximum atomic E-state index is 7.33. The molecule has 0 saturated carbocycles. The Bertz CT molecular complexity index is 94.8. The zero-order valence-electron chi connectivity index (χ0n) is 9.41. The van der Waals surface area contributed by atoms with Crippen LogP contribution in [0.3, 0.4) is 0 Å². The van der Waals surface area contributed by atoms with Crippen LogP contribution in [0.1, 0.15) is 0 Å². The molecule has 0 heterocycles. The molecule has 13 N–H and O–H groups in total. The van der Waals surface area contributed by atoms with Gasteiger partial charge in [0.25, 0.3) is 0 Å². The van der Waals surface area contributed by atoms with Crippen LogP contribution in [0.4, 0.5) is 0 Å². The second kappa shape index (κ2) is 30.4. The Hall–Kier alpha value is -0.680. The first-order valence-corrected chi connectivity index (χ1v) is 3.76. The van der Waals surface area contributed by atoms with Gasteiger partial charge in [-0.3, -0.25) is 0 Å². The molecule has 0 rings (SSSR count). The molecule has 0 aromatic rings. The molecule has 0 aliphatic rings. The second-order valence-corrected chi connectivity index (χ2v) is 1.57. The number of aliphatic hydroxyl groups is 1. The molecule has 0 aromatic carbocycles. The van der Waals surface area contributed by atoms with E-state index in [4.69, 9.17) is 65.4 Å². The lowest BCUT2D eigenvalue weighted by Crippen LogP contribution is -2.07. The Morgan fingerprint density at radius 3 is 0.474 bits per heavy atom. The summed E-state index contributed by atoms with van der Waals surface area (Å²) >= 11 is 0. The fraction of sp³-hybridized carbons (Fsp3) is 0. The van der Waals surface area contributed by atoms with Gasteiger partial charge in [0.1, 0.15) is 0 Å². The van der Waals surface area contributed by atoms with Gasteiger partial charge in [-0.15, -0.1) is 0 Å². The van der Waals surface area contributed by atoms with Gasteiger partial charge in [-0.05, 0) is 0 Å². The predicted molar refractivity (Wildman–Crippen MR) is 62.5 cm³/mol. The van der Waals surface area contributed by atoms with E-state index in [2.05, 4.69) is 6.58 Å². The van der Waals surface area contributed by atoms with Gasteiger partial charge < -0.3 is 65.4 Å². The lowest BCUT2D eigenvalue weighted by molar-refractivity contribution is 0.276. The smallest absolute Gasteiger partial charge is 0.516 e. The summed E-state index contributed by atoms with van der Waals surface area (Å²) in [5, 5.41) is 93.3. The van der Waals surface area contributed by atoms with E-state index in [0.29, 0.717) is 0 Å². The molecule has 19 heavy (non-hydrogen) atoms. The number of hydrogen-bond acceptors (Lipinski definition) is 13. The van der Waals surface area contributed by atoms with Crippen molar-refractivity contribution in [2.45, 2.75) is 0 Å². The largest absolute Gasteiger partial charge is 0.631 e. The van der Waals surface area contributed by atoms with Crippen molar-refractivity contribution in [1.29, 1.82) is 0 Å². The Morgan fingerprint density at radius 1 is 0.474 bits per heavy atom. The highest BCUT2D eigenvalue weighted by atomic mass is 16.5. The molecule has 0 bridgehead atoms. The maximum absolute atomic E-state index is 7.33. The SMILES string of the molecule is C=CO.OB(O)O.OB(O)O.OB(O)O.OB(O)O. The first-order chi connectivity index (χ1) is 8.34. The van der Waals surface area contributed by atoms with Crippen LogP contribution >= 0.6 is 0 Å². The van der Waals surface area contributed by atoms with E-state index in [1.807, 2.05) is 0 Å². The topological polar surface area (TPSA) is 263 Å². The number of aliphatic hydroxyl groups excluding tert-OH is 1. The summed E-state index contributed by atoms with van der Waals surface area (Å²) in [7, 11) is -8.67. The van der Waals surface area contributed by atoms with Gasteiger partial charge in [0.2, 0.25) is 0 Å². The van der Waals surface area contributed by atoms with E-state index in [1.165, 1.54) is 0 Å². The average Bonchev–Trinajstić information content (AvgIpc) is 1.97. The third-order valence-corrected chi connectivity index (χ3v) is 0. The lowest BCUT2D eigenvalue weighted by atomic mass is 10.3. The number of rotatable bonds is 0. The minimum atomic E-state index is -2.17. The molecule has 0 aromatic heterocycles. The summed E-state index contributed by atoms with van der Waals surface area (Å²) in [6, 6.07) is 0. The maximum Gasteiger partial charge on any atom is 0.631 e. The molecule has 0 fully saturated rings. The highest BCUT2D eigenvalue weighted by molar-refractivity contribution is 6.31. The van der Waals surface area contributed by atoms with Crippen molar-refractivity contribution in [3.8, 4) is 0 Å². The predicted octanol–water partition coefficient (Wildman–Crippen LogP) is -7.52. The molecule has 0 unspecified atom stereocenters. The van der Waals surface area contributed by atoms with E-state index in [9.17, 15) is 0 Å². The zero-order chi connectivity index (χ0) is 17.0. The van der Waals surface area contributed by atoms with Crippen molar-refractivity contribution in [3.63, 3.8) is 0 Å². The summed E-state index contributed by atoms with van der Waals surface area (Å²) in [6.07, 6.45) is 0.750. The lowest BCUT2D eigenvalue weighted by Gasteiger charge is -1.69. The highest BCUT2D eigenvalue weighted by Crippen LogP contribution is 1.41. The molecule has 0 aliphatic heterocycles. The van der Waals surface area contributed by atoms with E-state index < -0.39 is 29.3 Å². The first-order valence-electron chi connectivity index (χ1n) is 3.76. The van der Waals surface area contributed by atoms with Gasteiger partial charge in [-0.25, -0.2) is 0 Å². The highest BCUT2D eigenvalue weighted by Gasteiger charge is 1.93. The molecular formula is C2H16B4O13. The normalized spacial score (nSPS) is 6.32. The van der Waals surface area contributed by atoms with Crippen LogP contribution in [0.25, 0.3) is 0 Å². The third-order valence-electron chi connectivity index (χ3n) is 0. The van der Waals surface area contributed by atoms with E-state index in [-0.39, 0.29) is 0 Å². The third kappa shape index (κ3) is 8780. The van der Waals surface area contributed by atoms with Crippen molar-refractivity contribution in [3.05, 3.63) is 12.8 Å². The van der Waals surface area contributed by atoms with Crippen LogP contribution in [0.5, 0.6) is 0 Å². The van der Waals surface area contributed by atoms with E-state index in [1.54, 1.807) is 0 Å². The Balaban J connectivity index is -0.0000000432. The van der Waals surface area contributed by atoms with Crippen LogP contribution in [-0.4, -0.2) is 94.7 Å². The second-order valence-electron chi connectivity index (χ2n) is 1.57. The molecule has 0 aliphatic carbocycles. The van der Waals surface area contributed by atoms with Crippen LogP contribution < -0.4 is 0 Å². The molecule has 0 radical (unpaired) electrons. The van der Waals surface area contributed by atoms with Crippen molar-refractivity contribution in [1.82, 2.24) is 0 Å². The molecular weight excluding hydrogens is 275 g/mol. The summed E-state index contributed by atoms with van der Waals surface area (Å²) in [5.74, 6) is 0. The number of hydrogen-bond donors (Lipinski definition) is 13. The first kappa shape index (κ1) is 31.0. The van der Waals surface area contributed by atoms with E-state index in [0.717, 1.165) is 6.26 Å². The molecule has 17 heteroatoms. The monoisotopic (exact) mass is 292 g/mol. The molecule has 0 saturated heterocycles. The summed E-state index contributed by atoms with van der Waals surface area (Å²) in [6.45, 7) is 2.92. The van der Waals surface area contributed by atoms with Gasteiger partial charge in [0.15, 0.2) is 0 Å². The fourth-order valence-electron chi connectivity index (χ4n) is 0. The Labute approximate surface area is 108 Å². The van der Waals surface area contributed by atoms with Gasteiger partial charge in [0.05, 0.1) is 6.26 Å². The van der Waals surface area contributed by atoms with Crippen molar-refractivity contribution < 1.29 is 65.4 Å². The molecule has 0 spiro atoms. The summed E-state index contributed by atoms with van der Waals surface area (Å²) < 4.78 is 0. The van der Waals surface area contributed by atoms with Crippen LogP contribution in [0, 0.1) is 0 Å². The van der Waals surface area contributed by atoms with Crippen LogP contribution in [0.2, 0.25) is 0 Å². The van der Waals surface area contributed by atoms with Crippen molar-refractivity contribution >= 4 is 29.3 Å². The Morgan fingerprint density at radius 2 is 0.474 bits per heavy atom. The zero-order valence-corrected chi connectivity index (χ0v) is 9.41. The van der Waals surface area contributed by atoms with Crippen LogP contribution in [0.15, 0.2) is 12.8 Å². The fourth-order valence-corrected chi connectivity index (χ4v) is 0. The molecule has 114 valence electrons. The van der Waals surface area contributed by atoms with Crippen molar-refractivity contribution in [2.75, 3.05) is 0 Å². The molecule has 13 nitrogen and oxygen atoms in total. The summed E-state index contributed by atoms with van der Waals surface area (Å²) in [5.41, 5.74) is 0. The van der Waals surface area contributed by atoms with Gasteiger partial charge in [-0.2, -0.15) is 0 Å². The molecule has 0 amide bonds. The molecule has 0 atom stereocenters. The minimum absolute atomic E-state index is 0.750. The standard InChI is InChI=1S/C2H4O.4BH3O3/c1-2-3;4*2-1(3)4/h2-3H,1H2;4*2-4H. The van der Waals surface area contributed by atoms with Gasteiger partial charge >= 0.3 is 29.3 Å². The Kier molecular flexibility index (Phi) is 49.5. The minimum Gasteiger partial charge on any atom is -0.516 e. The van der Waals surface area contributed by atoms with E-state index >= 15 is 0 Å². The quantitative estimate of drug-likeness (QED) is 0.146. The van der Waals surface area contributed by atoms with Crippen LogP contribution in [-0.2, 0) is 0 Å².